The topological polar surface area (TPSA) is 174 Å². The Kier molecular flexibility index (Phi) is 13.4. The van der Waals surface area contributed by atoms with Gasteiger partial charge in [0.15, 0.2) is 0 Å². The number of esters is 1. The molecule has 2 amide bonds. The summed E-state index contributed by atoms with van der Waals surface area (Å²) in [5, 5.41) is 27.7. The van der Waals surface area contributed by atoms with Crippen LogP contribution in [0.5, 0.6) is 0 Å². The number of nitro benzene ring substituents is 1. The Hall–Kier alpha value is -5.31. The van der Waals surface area contributed by atoms with E-state index in [0.29, 0.717) is 49.1 Å². The van der Waals surface area contributed by atoms with Gasteiger partial charge in [0.05, 0.1) is 24.3 Å². The summed E-state index contributed by atoms with van der Waals surface area (Å²) < 4.78 is 18.2. The number of carbonyl (C=O) groups excluding carboxylic acids is 3. The number of alkyl carbamates (subject to hydrolysis) is 1. The molecule has 0 aliphatic carbocycles. The number of aliphatic hydroxyl groups excluding tert-OH is 1. The van der Waals surface area contributed by atoms with E-state index in [2.05, 4.69) is 28.3 Å². The number of methoxy groups -OCH3 is 2. The average Bonchev–Trinajstić information content (AvgIpc) is 3.47. The normalized spacial score (nSPS) is 15.3. The molecule has 2 heterocycles. The van der Waals surface area contributed by atoms with Crippen molar-refractivity contribution in [2.24, 2.45) is 5.41 Å². The Morgan fingerprint density at radius 3 is 2.42 bits per heavy atom. The maximum Gasteiger partial charge on any atom is 0.408 e. The number of carbonyl (C=O) groups is 3. The van der Waals surface area contributed by atoms with Crippen molar-refractivity contribution in [2.45, 2.75) is 98.1 Å². The molecule has 3 N–H and O–H groups in total. The van der Waals surface area contributed by atoms with E-state index >= 15 is 0 Å². The lowest BCUT2D eigenvalue weighted by atomic mass is 9.84. The molecular formula is C43H55N5O9. The maximum atomic E-state index is 14.1. The van der Waals surface area contributed by atoms with Gasteiger partial charge in [0.2, 0.25) is 0 Å². The predicted octanol–water partition coefficient (Wildman–Crippen LogP) is 6.72. The molecule has 1 aromatic heterocycles. The first kappa shape index (κ1) is 42.8. The van der Waals surface area contributed by atoms with Gasteiger partial charge in [0.25, 0.3) is 11.6 Å². The lowest BCUT2D eigenvalue weighted by molar-refractivity contribution is -0.384. The van der Waals surface area contributed by atoms with Crippen LogP contribution >= 0.6 is 0 Å². The van der Waals surface area contributed by atoms with E-state index in [1.807, 2.05) is 50.2 Å². The van der Waals surface area contributed by atoms with Crippen molar-refractivity contribution in [1.29, 1.82) is 0 Å². The summed E-state index contributed by atoms with van der Waals surface area (Å²) in [6, 6.07) is 16.8. The zero-order chi connectivity index (χ0) is 41.7. The number of amides is 2. The number of aryl methyl sites for hydroxylation is 1. The number of hydrogen-bond donors (Lipinski definition) is 3. The van der Waals surface area contributed by atoms with Gasteiger partial charge in [-0.15, -0.1) is 0 Å². The summed E-state index contributed by atoms with van der Waals surface area (Å²) >= 11 is 0. The van der Waals surface area contributed by atoms with Crippen molar-refractivity contribution in [3.05, 3.63) is 87.5 Å². The molecule has 2 atom stereocenters. The number of nitrogens with zero attached hydrogens (tertiary/aromatic N) is 3. The molecule has 14 heteroatoms. The van der Waals surface area contributed by atoms with Gasteiger partial charge in [-0.05, 0) is 92.3 Å². The fourth-order valence-corrected chi connectivity index (χ4v) is 7.38. The van der Waals surface area contributed by atoms with Crippen LogP contribution in [0.2, 0.25) is 0 Å². The van der Waals surface area contributed by atoms with Crippen LogP contribution in [-0.4, -0.2) is 82.6 Å². The summed E-state index contributed by atoms with van der Waals surface area (Å²) in [7, 11) is 2.94. The van der Waals surface area contributed by atoms with Crippen molar-refractivity contribution in [2.75, 3.05) is 27.4 Å². The Morgan fingerprint density at radius 2 is 1.77 bits per heavy atom. The highest BCUT2D eigenvalue weighted by atomic mass is 16.6. The SMILES string of the molecule is CCn1c(-c2ccccc2COC)c(CC(C)(C)CO)c2cc(-c3cc(C[C@H](NC(=O)OC(C)(C)C)C(=O)N4CCC[C@@H](C(=O)OC)N4)cc([N+](=O)[O-])c3)ccc21. The predicted molar refractivity (Wildman–Crippen MR) is 217 cm³/mol. The van der Waals surface area contributed by atoms with E-state index in [4.69, 9.17) is 14.2 Å². The van der Waals surface area contributed by atoms with Crippen LogP contribution in [0.25, 0.3) is 33.3 Å². The minimum atomic E-state index is -1.21. The quantitative estimate of drug-likeness (QED) is 0.0708. The number of aromatic nitrogens is 1. The number of fused-ring (bicyclic) bond motifs is 1. The van der Waals surface area contributed by atoms with Gasteiger partial charge in [0.1, 0.15) is 17.7 Å². The fourth-order valence-electron chi connectivity index (χ4n) is 7.38. The lowest BCUT2D eigenvalue weighted by Gasteiger charge is -2.35. The molecule has 0 spiro atoms. The zero-order valence-corrected chi connectivity index (χ0v) is 34.1. The van der Waals surface area contributed by atoms with Crippen LogP contribution in [0, 0.1) is 15.5 Å². The first-order valence-electron chi connectivity index (χ1n) is 19.3. The molecule has 0 saturated carbocycles. The molecule has 1 fully saturated rings. The zero-order valence-electron chi connectivity index (χ0n) is 34.1. The number of non-ortho nitro benzene ring substituents is 1. The molecular weight excluding hydrogens is 730 g/mol. The third-order valence-corrected chi connectivity index (χ3v) is 10.0. The molecule has 1 aliphatic rings. The minimum Gasteiger partial charge on any atom is -0.468 e. The number of nitrogens with one attached hydrogen (secondary N) is 2. The van der Waals surface area contributed by atoms with Crippen molar-refractivity contribution in [1.82, 2.24) is 20.3 Å². The number of ether oxygens (including phenoxy) is 3. The van der Waals surface area contributed by atoms with E-state index in [1.54, 1.807) is 33.9 Å². The van der Waals surface area contributed by atoms with Crippen LogP contribution in [0.15, 0.2) is 60.7 Å². The number of nitro groups is 1. The second kappa shape index (κ2) is 17.9. The molecule has 0 unspecified atom stereocenters. The first-order valence-corrected chi connectivity index (χ1v) is 19.3. The van der Waals surface area contributed by atoms with E-state index in [-0.39, 0.29) is 25.3 Å². The monoisotopic (exact) mass is 785 g/mol. The minimum absolute atomic E-state index is 0.0353. The van der Waals surface area contributed by atoms with Gasteiger partial charge in [0, 0.05) is 61.8 Å². The number of hydrogen-bond acceptors (Lipinski definition) is 10. The molecule has 3 aromatic carbocycles. The van der Waals surface area contributed by atoms with Gasteiger partial charge >= 0.3 is 12.1 Å². The summed E-state index contributed by atoms with van der Waals surface area (Å²) in [6.07, 6.45) is 0.576. The molecule has 57 heavy (non-hydrogen) atoms. The van der Waals surface area contributed by atoms with Crippen LogP contribution in [0.4, 0.5) is 10.5 Å². The van der Waals surface area contributed by atoms with Crippen LogP contribution in [-0.2, 0) is 49.8 Å². The average molecular weight is 786 g/mol. The van der Waals surface area contributed by atoms with Crippen LogP contribution in [0.3, 0.4) is 0 Å². The van der Waals surface area contributed by atoms with Gasteiger partial charge < -0.3 is 29.2 Å². The number of aliphatic hydroxyl groups is 1. The maximum absolute atomic E-state index is 14.1. The Bertz CT molecular complexity index is 2120. The second-order valence-corrected chi connectivity index (χ2v) is 16.3. The van der Waals surface area contributed by atoms with Gasteiger partial charge in [-0.3, -0.25) is 24.7 Å². The largest absolute Gasteiger partial charge is 0.468 e. The highest BCUT2D eigenvalue weighted by Crippen LogP contribution is 2.41. The summed E-state index contributed by atoms with van der Waals surface area (Å²) in [5.41, 5.74) is 8.17. The highest BCUT2D eigenvalue weighted by Gasteiger charge is 2.34. The second-order valence-electron chi connectivity index (χ2n) is 16.3. The number of benzene rings is 3. The Labute approximate surface area is 333 Å². The molecule has 5 rings (SSSR count). The van der Waals surface area contributed by atoms with Gasteiger partial charge in [-0.25, -0.2) is 10.2 Å². The standard InChI is InChI=1S/C43H55N5O9/c1-9-46-37-17-16-28(23-33(37)34(24-43(5,6)26-49)38(46)32-14-11-10-13-29(32)25-55-7)30-19-27(20-31(22-30)48(53)54)21-36(44-41(52)57-42(2,3)4)39(50)47-18-12-15-35(45-47)40(51)56-8/h10-11,13-14,16-17,19-20,22-23,35-36,45,49H,9,12,15,18,21,24-26H2,1-8H3,(H,44,52)/t35-,36-/m0/s1. The highest BCUT2D eigenvalue weighted by molar-refractivity contribution is 5.95. The third kappa shape index (κ3) is 10.2. The van der Waals surface area contributed by atoms with E-state index in [1.165, 1.54) is 24.3 Å². The van der Waals surface area contributed by atoms with Crippen molar-refractivity contribution < 1.29 is 38.6 Å². The molecule has 1 aliphatic heterocycles. The molecule has 1 saturated heterocycles. The van der Waals surface area contributed by atoms with Crippen molar-refractivity contribution >= 4 is 34.6 Å². The Balaban J connectivity index is 1.63. The molecule has 0 radical (unpaired) electrons. The van der Waals surface area contributed by atoms with Gasteiger partial charge in [-0.1, -0.05) is 50.2 Å². The molecule has 0 bridgehead atoms. The van der Waals surface area contributed by atoms with Crippen LogP contribution < -0.4 is 10.7 Å². The summed E-state index contributed by atoms with van der Waals surface area (Å²) in [4.78, 5) is 51.4. The van der Waals surface area contributed by atoms with Crippen molar-refractivity contribution in [3.8, 4) is 22.4 Å². The van der Waals surface area contributed by atoms with E-state index in [9.17, 15) is 29.6 Å². The van der Waals surface area contributed by atoms with Crippen molar-refractivity contribution in [3.63, 3.8) is 0 Å². The molecule has 4 aromatic rings. The summed E-state index contributed by atoms with van der Waals surface area (Å²) in [5.74, 6) is -1.06. The summed E-state index contributed by atoms with van der Waals surface area (Å²) in [6.45, 7) is 12.5. The molecule has 306 valence electrons. The number of rotatable bonds is 14. The smallest absolute Gasteiger partial charge is 0.408 e. The van der Waals surface area contributed by atoms with Crippen LogP contribution in [0.1, 0.15) is 71.1 Å². The van der Waals surface area contributed by atoms with Gasteiger partial charge in [-0.2, -0.15) is 0 Å². The first-order chi connectivity index (χ1) is 27.0. The third-order valence-electron chi connectivity index (χ3n) is 10.0. The van der Waals surface area contributed by atoms with E-state index < -0.39 is 46.0 Å². The lowest BCUT2D eigenvalue weighted by Crippen LogP contribution is -2.60. The molecule has 14 nitrogen and oxygen atoms in total. The number of hydrazine groups is 1. The Morgan fingerprint density at radius 1 is 1.04 bits per heavy atom. The fraction of sp³-hybridized carbons (Fsp3) is 0.465. The van der Waals surface area contributed by atoms with E-state index in [0.717, 1.165) is 33.3 Å².